The Balaban J connectivity index is 1.72. The van der Waals surface area contributed by atoms with Gasteiger partial charge in [-0.25, -0.2) is 0 Å². The normalized spacial score (nSPS) is 11.7. The van der Waals surface area contributed by atoms with Gasteiger partial charge in [-0.2, -0.15) is 0 Å². The molecule has 0 saturated carbocycles. The number of fused-ring (bicyclic) bond motifs is 1. The summed E-state index contributed by atoms with van der Waals surface area (Å²) in [6, 6.07) is 11.0. The van der Waals surface area contributed by atoms with Crippen LogP contribution in [-0.2, 0) is 6.54 Å². The summed E-state index contributed by atoms with van der Waals surface area (Å²) in [6.45, 7) is 10.8. The largest absolute Gasteiger partial charge is 0.347 e. The van der Waals surface area contributed by atoms with Gasteiger partial charge in [0.25, 0.3) is 14.1 Å². The number of rotatable bonds is 10. The molecule has 2 aromatic rings. The lowest BCUT2D eigenvalue weighted by Gasteiger charge is -2.16. The minimum atomic E-state index is -0.501. The number of aryl methyl sites for hydroxylation is 1. The van der Waals surface area contributed by atoms with Crippen molar-refractivity contribution in [1.29, 1.82) is 0 Å². The summed E-state index contributed by atoms with van der Waals surface area (Å²) in [5.74, 6) is 1.80. The van der Waals surface area contributed by atoms with Gasteiger partial charge in [0.15, 0.2) is 0 Å². The van der Waals surface area contributed by atoms with Crippen molar-refractivity contribution in [1.82, 2.24) is 4.57 Å². The smallest absolute Gasteiger partial charge is 0.262 e. The molecule has 1 aromatic heterocycles. The van der Waals surface area contributed by atoms with Crippen LogP contribution in [-0.4, -0.2) is 18.7 Å². The van der Waals surface area contributed by atoms with E-state index in [0.29, 0.717) is 0 Å². The lowest BCUT2D eigenvalue weighted by Crippen LogP contribution is -2.17. The van der Waals surface area contributed by atoms with Crippen LogP contribution in [0.5, 0.6) is 0 Å². The summed E-state index contributed by atoms with van der Waals surface area (Å²) < 4.78 is 2.42. The minimum Gasteiger partial charge on any atom is -0.347 e. The Bertz CT molecular complexity index is 560. The summed E-state index contributed by atoms with van der Waals surface area (Å²) in [6.07, 6.45) is 6.42. The molecule has 0 atom stereocenters. The zero-order chi connectivity index (χ0) is 16.7. The van der Waals surface area contributed by atoms with Crippen molar-refractivity contribution in [3.8, 4) is 0 Å². The Morgan fingerprint density at radius 1 is 0.870 bits per heavy atom. The fraction of sp³-hybridized carbons (Fsp3) is 0.619. The molecule has 126 valence electrons. The molecule has 2 rings (SSSR count). The molecule has 0 amide bonds. The van der Waals surface area contributed by atoms with Gasteiger partial charge in [0.05, 0.1) is 0 Å². The van der Waals surface area contributed by atoms with Crippen LogP contribution in [0, 0.1) is 11.8 Å². The van der Waals surface area contributed by atoms with Gasteiger partial charge in [-0.3, -0.25) is 0 Å². The van der Waals surface area contributed by atoms with Crippen molar-refractivity contribution in [3.63, 3.8) is 0 Å². The molecule has 1 nitrogen and oxygen atoms in total. The maximum Gasteiger partial charge on any atom is 0.262 e. The number of hydrogen-bond donors (Lipinski definition) is 0. The number of hydrogen-bond acceptors (Lipinski definition) is 0. The summed E-state index contributed by atoms with van der Waals surface area (Å²) in [7, 11) is 0. The molecular weight excluding hydrogens is 293 g/mol. The highest BCUT2D eigenvalue weighted by Gasteiger charge is 2.19. The number of unbranched alkanes of at least 4 members (excludes halogenated alkanes) is 2. The predicted octanol–water partition coefficient (Wildman–Crippen LogP) is 6.62. The number of para-hydroxylation sites is 1. The minimum absolute atomic E-state index is 0.501. The van der Waals surface area contributed by atoms with Crippen LogP contribution in [0.15, 0.2) is 36.5 Å². The third-order valence-corrected chi connectivity index (χ3v) is 9.24. The summed E-state index contributed by atoms with van der Waals surface area (Å²) in [5.41, 5.74) is 1.39. The van der Waals surface area contributed by atoms with Gasteiger partial charge in [-0.05, 0) is 23.9 Å². The molecule has 0 unspecified atom stereocenters. The highest BCUT2D eigenvalue weighted by atomic mass is 27.2. The van der Waals surface area contributed by atoms with E-state index < -0.39 is 14.1 Å². The Morgan fingerprint density at radius 2 is 1.57 bits per heavy atom. The van der Waals surface area contributed by atoms with E-state index >= 15 is 0 Å². The van der Waals surface area contributed by atoms with Crippen molar-refractivity contribution in [3.05, 3.63) is 36.5 Å². The number of nitrogens with zero attached hydrogens (tertiary/aromatic N) is 1. The molecule has 0 N–H and O–H groups in total. The molecule has 23 heavy (non-hydrogen) atoms. The Hall–Kier alpha value is -0.708. The van der Waals surface area contributed by atoms with Crippen LogP contribution in [0.1, 0.15) is 47.0 Å². The molecular formula is C21H34AlN. The monoisotopic (exact) mass is 327 g/mol. The second-order valence-corrected chi connectivity index (χ2v) is 11.3. The summed E-state index contributed by atoms with van der Waals surface area (Å²) in [4.78, 5) is 0. The lowest BCUT2D eigenvalue weighted by atomic mass is 10.2. The van der Waals surface area contributed by atoms with E-state index in [2.05, 4.69) is 68.8 Å². The third-order valence-electron chi connectivity index (χ3n) is 4.80. The molecule has 2 heteroatoms. The number of aromatic nitrogens is 1. The van der Waals surface area contributed by atoms with E-state index in [1.807, 2.05) is 0 Å². The zero-order valence-corrected chi connectivity index (χ0v) is 16.7. The van der Waals surface area contributed by atoms with Gasteiger partial charge in [-0.1, -0.05) is 86.4 Å². The van der Waals surface area contributed by atoms with Gasteiger partial charge in [0.1, 0.15) is 0 Å². The van der Waals surface area contributed by atoms with Crippen molar-refractivity contribution in [2.75, 3.05) is 0 Å². The van der Waals surface area contributed by atoms with Crippen LogP contribution in [0.4, 0.5) is 0 Å². The SMILES string of the molecule is CC(C)[CH2][Al]([CH2]CCCCn1ccc2ccccc21)[CH2]C(C)C. The molecule has 0 bridgehead atoms. The topological polar surface area (TPSA) is 4.93 Å². The Labute approximate surface area is 147 Å². The van der Waals surface area contributed by atoms with Gasteiger partial charge < -0.3 is 4.57 Å². The number of benzene rings is 1. The standard InChI is InChI=1S/C13H16N.2C4H9.Al/c1-2-3-6-10-14-11-9-12-7-4-5-8-13(12)14;2*1-4(2)3;/h4-5,7-9,11H,1-3,6,10H2;2*4H,1H2,2-3H3;. The second kappa shape index (κ2) is 9.55. The first-order valence-corrected chi connectivity index (χ1v) is 12.0. The van der Waals surface area contributed by atoms with Crippen LogP contribution in [0.25, 0.3) is 10.9 Å². The van der Waals surface area contributed by atoms with Gasteiger partial charge in [-0.15, -0.1) is 0 Å². The molecule has 0 radical (unpaired) electrons. The van der Waals surface area contributed by atoms with E-state index in [9.17, 15) is 0 Å². The van der Waals surface area contributed by atoms with E-state index in [-0.39, 0.29) is 0 Å². The molecule has 0 saturated heterocycles. The summed E-state index contributed by atoms with van der Waals surface area (Å²) in [5, 5.41) is 6.01. The summed E-state index contributed by atoms with van der Waals surface area (Å²) >= 11 is -0.501. The molecule has 0 aliphatic carbocycles. The molecule has 0 aliphatic rings. The van der Waals surface area contributed by atoms with E-state index in [4.69, 9.17) is 0 Å². The average molecular weight is 327 g/mol. The van der Waals surface area contributed by atoms with Gasteiger partial charge in [0.2, 0.25) is 0 Å². The fourth-order valence-electron chi connectivity index (χ4n) is 3.89. The van der Waals surface area contributed by atoms with Crippen molar-refractivity contribution in [2.45, 2.75) is 69.4 Å². The molecule has 0 fully saturated rings. The highest BCUT2D eigenvalue weighted by molar-refractivity contribution is 6.58. The Morgan fingerprint density at radius 3 is 2.26 bits per heavy atom. The molecule has 1 heterocycles. The quantitative estimate of drug-likeness (QED) is 0.341. The molecule has 0 spiro atoms. The maximum absolute atomic E-state index is 2.42. The first-order valence-electron chi connectivity index (χ1n) is 9.60. The average Bonchev–Trinajstić information content (AvgIpc) is 2.89. The maximum atomic E-state index is 2.42. The van der Waals surface area contributed by atoms with Crippen LogP contribution in [0.2, 0.25) is 15.8 Å². The second-order valence-electron chi connectivity index (χ2n) is 8.04. The van der Waals surface area contributed by atoms with Crippen LogP contribution < -0.4 is 0 Å². The van der Waals surface area contributed by atoms with Crippen molar-refractivity contribution in [2.24, 2.45) is 11.8 Å². The zero-order valence-electron chi connectivity index (χ0n) is 15.6. The van der Waals surface area contributed by atoms with Crippen molar-refractivity contribution < 1.29 is 0 Å². The first-order chi connectivity index (χ1) is 11.1. The van der Waals surface area contributed by atoms with Crippen LogP contribution in [0.3, 0.4) is 0 Å². The first kappa shape index (κ1) is 18.6. The van der Waals surface area contributed by atoms with Gasteiger partial charge in [0, 0.05) is 18.3 Å². The van der Waals surface area contributed by atoms with Crippen LogP contribution >= 0.6 is 0 Å². The predicted molar refractivity (Wildman–Crippen MR) is 106 cm³/mol. The lowest BCUT2D eigenvalue weighted by molar-refractivity contribution is 0.610. The highest BCUT2D eigenvalue weighted by Crippen LogP contribution is 2.21. The van der Waals surface area contributed by atoms with Crippen molar-refractivity contribution >= 4 is 25.1 Å². The third kappa shape index (κ3) is 6.36. The molecule has 1 aromatic carbocycles. The van der Waals surface area contributed by atoms with E-state index in [0.717, 1.165) is 11.8 Å². The Kier molecular flexibility index (Phi) is 7.74. The molecule has 0 aliphatic heterocycles. The van der Waals surface area contributed by atoms with Gasteiger partial charge >= 0.3 is 0 Å². The van der Waals surface area contributed by atoms with E-state index in [1.54, 1.807) is 15.8 Å². The fourth-order valence-corrected chi connectivity index (χ4v) is 8.09. The van der Waals surface area contributed by atoms with E-state index in [1.165, 1.54) is 36.7 Å².